The average Bonchev–Trinajstić information content (AvgIpc) is 2.69. The van der Waals surface area contributed by atoms with Gasteiger partial charge in [0.1, 0.15) is 17.2 Å². The second kappa shape index (κ2) is 9.37. The van der Waals surface area contributed by atoms with E-state index in [1.165, 1.54) is 0 Å². The highest BCUT2D eigenvalue weighted by atomic mass is 16.5. The Morgan fingerprint density at radius 1 is 0.929 bits per heavy atom. The Kier molecular flexibility index (Phi) is 6.41. The zero-order chi connectivity index (χ0) is 19.8. The van der Waals surface area contributed by atoms with Gasteiger partial charge in [-0.05, 0) is 61.4 Å². The molecule has 0 heterocycles. The van der Waals surface area contributed by atoms with Crippen LogP contribution in [-0.4, -0.2) is 18.2 Å². The van der Waals surface area contributed by atoms with Crippen molar-refractivity contribution < 1.29 is 14.3 Å². The van der Waals surface area contributed by atoms with Crippen LogP contribution >= 0.6 is 0 Å². The second-order valence-corrected chi connectivity index (χ2v) is 6.30. The lowest BCUT2D eigenvalue weighted by atomic mass is 10.2. The number of nitrogens with one attached hydrogen (secondary N) is 1. The van der Waals surface area contributed by atoms with Crippen LogP contribution in [0.2, 0.25) is 0 Å². The van der Waals surface area contributed by atoms with Crippen molar-refractivity contribution in [2.75, 3.05) is 0 Å². The fourth-order valence-electron chi connectivity index (χ4n) is 2.49. The first-order chi connectivity index (χ1) is 13.6. The van der Waals surface area contributed by atoms with E-state index in [1.54, 1.807) is 13.1 Å². The SMILES string of the molecule is Cc1cccc(OC(C)C(=O)NN=Cc2cccc(Oc3ccccc3)c2)c1. The summed E-state index contributed by atoms with van der Waals surface area (Å²) < 4.78 is 11.4. The molecule has 0 aliphatic carbocycles. The highest BCUT2D eigenvalue weighted by molar-refractivity contribution is 5.84. The van der Waals surface area contributed by atoms with E-state index in [0.717, 1.165) is 16.9 Å². The van der Waals surface area contributed by atoms with E-state index in [9.17, 15) is 4.79 Å². The first-order valence-electron chi connectivity index (χ1n) is 8.99. The van der Waals surface area contributed by atoms with E-state index in [-0.39, 0.29) is 5.91 Å². The molecule has 0 bridgehead atoms. The third-order valence-electron chi connectivity index (χ3n) is 3.90. The molecular weight excluding hydrogens is 352 g/mol. The monoisotopic (exact) mass is 374 g/mol. The van der Waals surface area contributed by atoms with Gasteiger partial charge in [-0.15, -0.1) is 0 Å². The molecule has 3 aromatic rings. The molecule has 0 saturated heterocycles. The number of carbonyl (C=O) groups is 1. The zero-order valence-corrected chi connectivity index (χ0v) is 15.8. The van der Waals surface area contributed by atoms with Crippen LogP contribution in [0.3, 0.4) is 0 Å². The molecule has 5 nitrogen and oxygen atoms in total. The van der Waals surface area contributed by atoms with E-state index in [0.29, 0.717) is 11.5 Å². The maximum Gasteiger partial charge on any atom is 0.280 e. The fourth-order valence-corrected chi connectivity index (χ4v) is 2.49. The molecule has 1 N–H and O–H groups in total. The van der Waals surface area contributed by atoms with Gasteiger partial charge in [-0.3, -0.25) is 4.79 Å². The van der Waals surface area contributed by atoms with Gasteiger partial charge in [0.2, 0.25) is 0 Å². The molecule has 5 heteroatoms. The zero-order valence-electron chi connectivity index (χ0n) is 15.8. The van der Waals surface area contributed by atoms with Crippen molar-refractivity contribution in [3.8, 4) is 17.2 Å². The van der Waals surface area contributed by atoms with E-state index < -0.39 is 6.10 Å². The number of para-hydroxylation sites is 1. The van der Waals surface area contributed by atoms with Crippen LogP contribution in [0.4, 0.5) is 0 Å². The second-order valence-electron chi connectivity index (χ2n) is 6.30. The van der Waals surface area contributed by atoms with E-state index in [1.807, 2.05) is 85.8 Å². The van der Waals surface area contributed by atoms with Crippen LogP contribution < -0.4 is 14.9 Å². The highest BCUT2D eigenvalue weighted by Crippen LogP contribution is 2.21. The number of hydrogen-bond donors (Lipinski definition) is 1. The Bertz CT molecular complexity index is 955. The Hall–Kier alpha value is -3.60. The summed E-state index contributed by atoms with van der Waals surface area (Å²) in [6, 6.07) is 24.5. The van der Waals surface area contributed by atoms with Gasteiger partial charge in [0.25, 0.3) is 5.91 Å². The number of hydrazone groups is 1. The van der Waals surface area contributed by atoms with Gasteiger partial charge in [0.15, 0.2) is 6.10 Å². The van der Waals surface area contributed by atoms with Crippen molar-refractivity contribution >= 4 is 12.1 Å². The van der Waals surface area contributed by atoms with Gasteiger partial charge < -0.3 is 9.47 Å². The normalized spacial score (nSPS) is 11.8. The maximum absolute atomic E-state index is 12.2. The molecule has 0 saturated carbocycles. The van der Waals surface area contributed by atoms with Crippen LogP contribution in [0, 0.1) is 6.92 Å². The summed E-state index contributed by atoms with van der Waals surface area (Å²) in [4.78, 5) is 12.2. The number of ether oxygens (including phenoxy) is 2. The van der Waals surface area contributed by atoms with Crippen LogP contribution in [0.15, 0.2) is 84.0 Å². The molecule has 1 atom stereocenters. The molecule has 0 fully saturated rings. The molecule has 0 aromatic heterocycles. The summed E-state index contributed by atoms with van der Waals surface area (Å²) in [6.07, 6.45) is 0.904. The van der Waals surface area contributed by atoms with Crippen molar-refractivity contribution in [2.24, 2.45) is 5.10 Å². The van der Waals surface area contributed by atoms with Crippen LogP contribution in [0.1, 0.15) is 18.1 Å². The summed E-state index contributed by atoms with van der Waals surface area (Å²) >= 11 is 0. The number of carbonyl (C=O) groups excluding carboxylic acids is 1. The number of aryl methyl sites for hydroxylation is 1. The minimum atomic E-state index is -0.660. The lowest BCUT2D eigenvalue weighted by Gasteiger charge is -2.13. The largest absolute Gasteiger partial charge is 0.481 e. The molecule has 0 spiro atoms. The fraction of sp³-hybridized carbons (Fsp3) is 0.130. The van der Waals surface area contributed by atoms with Gasteiger partial charge in [-0.25, -0.2) is 5.43 Å². The Morgan fingerprint density at radius 3 is 2.43 bits per heavy atom. The molecule has 3 aromatic carbocycles. The Morgan fingerprint density at radius 2 is 1.64 bits per heavy atom. The van der Waals surface area contributed by atoms with Crippen molar-refractivity contribution in [3.63, 3.8) is 0 Å². The standard InChI is InChI=1S/C23H22N2O3/c1-17-8-6-12-21(14-17)27-18(2)23(26)25-24-16-19-9-7-13-22(15-19)28-20-10-4-3-5-11-20/h3-16,18H,1-2H3,(H,25,26). The van der Waals surface area contributed by atoms with Crippen molar-refractivity contribution in [1.29, 1.82) is 0 Å². The molecule has 0 radical (unpaired) electrons. The maximum atomic E-state index is 12.2. The molecular formula is C23H22N2O3. The number of hydrogen-bond acceptors (Lipinski definition) is 4. The summed E-state index contributed by atoms with van der Waals surface area (Å²) in [5, 5.41) is 4.01. The highest BCUT2D eigenvalue weighted by Gasteiger charge is 2.13. The summed E-state index contributed by atoms with van der Waals surface area (Å²) in [6.45, 7) is 3.65. The molecule has 3 rings (SSSR count). The predicted octanol–water partition coefficient (Wildman–Crippen LogP) is 4.70. The quantitative estimate of drug-likeness (QED) is 0.481. The molecule has 28 heavy (non-hydrogen) atoms. The first kappa shape index (κ1) is 19.2. The van der Waals surface area contributed by atoms with Gasteiger partial charge in [-0.2, -0.15) is 5.10 Å². The number of benzene rings is 3. The van der Waals surface area contributed by atoms with Gasteiger partial charge >= 0.3 is 0 Å². The minimum absolute atomic E-state index is 0.325. The summed E-state index contributed by atoms with van der Waals surface area (Å²) in [5.74, 6) is 1.77. The van der Waals surface area contributed by atoms with E-state index in [4.69, 9.17) is 9.47 Å². The smallest absolute Gasteiger partial charge is 0.280 e. The Labute approximate surface area is 164 Å². The summed E-state index contributed by atoms with van der Waals surface area (Å²) in [7, 11) is 0. The van der Waals surface area contributed by atoms with Crippen LogP contribution in [0.25, 0.3) is 0 Å². The number of rotatable bonds is 7. The van der Waals surface area contributed by atoms with Gasteiger partial charge in [0.05, 0.1) is 6.21 Å². The lowest BCUT2D eigenvalue weighted by Crippen LogP contribution is -2.33. The molecule has 0 aliphatic heterocycles. The van der Waals surface area contributed by atoms with Gasteiger partial charge in [-0.1, -0.05) is 42.5 Å². The predicted molar refractivity (Wildman–Crippen MR) is 110 cm³/mol. The molecule has 1 amide bonds. The number of amides is 1. The first-order valence-corrected chi connectivity index (χ1v) is 8.99. The van der Waals surface area contributed by atoms with E-state index >= 15 is 0 Å². The van der Waals surface area contributed by atoms with Crippen molar-refractivity contribution in [2.45, 2.75) is 20.0 Å². The van der Waals surface area contributed by atoms with Gasteiger partial charge in [0, 0.05) is 0 Å². The third-order valence-corrected chi connectivity index (χ3v) is 3.90. The lowest BCUT2D eigenvalue weighted by molar-refractivity contribution is -0.127. The van der Waals surface area contributed by atoms with Crippen LogP contribution in [0.5, 0.6) is 17.2 Å². The number of nitrogens with zero attached hydrogens (tertiary/aromatic N) is 1. The average molecular weight is 374 g/mol. The molecule has 1 unspecified atom stereocenters. The van der Waals surface area contributed by atoms with Crippen molar-refractivity contribution in [3.05, 3.63) is 90.0 Å². The third kappa shape index (κ3) is 5.71. The van der Waals surface area contributed by atoms with Crippen LogP contribution in [-0.2, 0) is 4.79 Å². The van der Waals surface area contributed by atoms with Crippen molar-refractivity contribution in [1.82, 2.24) is 5.43 Å². The summed E-state index contributed by atoms with van der Waals surface area (Å²) in [5.41, 5.74) is 4.38. The Balaban J connectivity index is 1.55. The molecule has 0 aliphatic rings. The van der Waals surface area contributed by atoms with E-state index in [2.05, 4.69) is 10.5 Å². The minimum Gasteiger partial charge on any atom is -0.481 e. The molecule has 142 valence electrons. The topological polar surface area (TPSA) is 59.9 Å².